The highest BCUT2D eigenvalue weighted by molar-refractivity contribution is 6.04. The third-order valence-electron chi connectivity index (χ3n) is 12.5. The first-order chi connectivity index (χ1) is 35.3. The number of allylic oxidation sites excluding steroid dienone is 2. The zero-order valence-corrected chi connectivity index (χ0v) is 41.4. The Labute approximate surface area is 425 Å². The van der Waals surface area contributed by atoms with Crippen LogP contribution in [0.3, 0.4) is 0 Å². The highest BCUT2D eigenvalue weighted by atomic mass is 19.4. The molecule has 0 fully saturated rings. The molecule has 0 unspecified atom stereocenters. The third kappa shape index (κ3) is 13.0. The molecule has 0 spiro atoms. The van der Waals surface area contributed by atoms with Crippen LogP contribution >= 0.6 is 0 Å². The Hall–Kier alpha value is -7.82. The number of ether oxygens (including phenoxy) is 2. The van der Waals surface area contributed by atoms with Gasteiger partial charge in [-0.05, 0) is 126 Å². The summed E-state index contributed by atoms with van der Waals surface area (Å²) >= 11 is 0. The molecule has 4 aromatic rings. The fourth-order valence-corrected chi connectivity index (χ4v) is 9.04. The van der Waals surface area contributed by atoms with E-state index in [1.54, 1.807) is 68.4 Å². The van der Waals surface area contributed by atoms with Crippen molar-refractivity contribution < 1.29 is 55.0 Å². The van der Waals surface area contributed by atoms with Crippen LogP contribution in [-0.4, -0.2) is 79.2 Å². The van der Waals surface area contributed by atoms with Crippen LogP contribution in [0.4, 0.5) is 47.3 Å². The van der Waals surface area contributed by atoms with Crippen LogP contribution in [0.2, 0.25) is 0 Å². The largest absolute Gasteiger partial charge is 0.463 e. The number of anilines is 2. The number of unbranched alkanes of at least 4 members (excludes halogenated alkanes) is 4. The molecule has 20 heteroatoms. The SMILES string of the molecule is CCOC(=O)C1=C(C)N(c2cccc(C(F)(F)F)c2)C(=O)N(CCCCCN=C(N)NCCCCCN2C(=O)N(c3cccc(C(F)(F)F)c3)C(C)=C(C(=O)OCC)[C@H]2c2ccc(C#N)cc2)[C@@H]1c1ccccc1. The van der Waals surface area contributed by atoms with Gasteiger partial charge in [0.1, 0.15) is 0 Å². The number of carbonyl (C=O) groups is 4. The Morgan fingerprint density at radius 2 is 1.11 bits per heavy atom. The minimum Gasteiger partial charge on any atom is -0.463 e. The smallest absolute Gasteiger partial charge is 0.416 e. The van der Waals surface area contributed by atoms with Gasteiger partial charge in [0, 0.05) is 37.6 Å². The molecule has 0 radical (unpaired) electrons. The van der Waals surface area contributed by atoms with E-state index in [2.05, 4.69) is 10.3 Å². The predicted octanol–water partition coefficient (Wildman–Crippen LogP) is 11.2. The lowest BCUT2D eigenvalue weighted by molar-refractivity contribution is -0.140. The van der Waals surface area contributed by atoms with E-state index in [4.69, 9.17) is 15.2 Å². The second-order valence-corrected chi connectivity index (χ2v) is 17.4. The number of rotatable bonds is 20. The minimum atomic E-state index is -4.70. The van der Waals surface area contributed by atoms with Crippen LogP contribution in [-0.2, 0) is 31.4 Å². The monoisotopic (exact) mass is 1030 g/mol. The van der Waals surface area contributed by atoms with E-state index < -0.39 is 59.6 Å². The van der Waals surface area contributed by atoms with E-state index in [0.29, 0.717) is 68.3 Å². The van der Waals surface area contributed by atoms with Gasteiger partial charge in [0.15, 0.2) is 5.96 Å². The molecule has 4 amide bonds. The van der Waals surface area contributed by atoms with Crippen LogP contribution < -0.4 is 20.9 Å². The van der Waals surface area contributed by atoms with Gasteiger partial charge in [-0.15, -0.1) is 0 Å². The number of hydrogen-bond donors (Lipinski definition) is 2. The molecular weight excluding hydrogens is 971 g/mol. The number of amides is 4. The molecule has 14 nitrogen and oxygen atoms in total. The molecule has 0 bridgehead atoms. The molecule has 0 saturated heterocycles. The number of alkyl halides is 6. The molecule has 74 heavy (non-hydrogen) atoms. The van der Waals surface area contributed by atoms with Gasteiger partial charge in [0.05, 0.1) is 70.6 Å². The molecule has 6 rings (SSSR count). The molecule has 392 valence electrons. The fourth-order valence-electron chi connectivity index (χ4n) is 9.04. The molecular formula is C54H58F6N8O6. The lowest BCUT2D eigenvalue weighted by Gasteiger charge is -2.43. The Balaban J connectivity index is 1.08. The summed E-state index contributed by atoms with van der Waals surface area (Å²) in [6.07, 6.45) is -6.25. The quantitative estimate of drug-likeness (QED) is 0.0287. The van der Waals surface area contributed by atoms with Crippen LogP contribution in [0.25, 0.3) is 0 Å². The summed E-state index contributed by atoms with van der Waals surface area (Å²) < 4.78 is 93.9. The number of guanidine groups is 1. The molecule has 4 aromatic carbocycles. The van der Waals surface area contributed by atoms with E-state index in [9.17, 15) is 50.8 Å². The van der Waals surface area contributed by atoms with Crippen LogP contribution in [0.15, 0.2) is 131 Å². The van der Waals surface area contributed by atoms with Crippen molar-refractivity contribution in [1.29, 1.82) is 5.26 Å². The van der Waals surface area contributed by atoms with Crippen molar-refractivity contribution in [3.8, 4) is 6.07 Å². The third-order valence-corrected chi connectivity index (χ3v) is 12.5. The van der Waals surface area contributed by atoms with Crippen LogP contribution in [0.1, 0.15) is 106 Å². The topological polar surface area (TPSA) is 174 Å². The summed E-state index contributed by atoms with van der Waals surface area (Å²) in [4.78, 5) is 65.7. The van der Waals surface area contributed by atoms with Gasteiger partial charge in [-0.2, -0.15) is 31.6 Å². The molecule has 2 atom stereocenters. The maximum absolute atomic E-state index is 14.5. The predicted molar refractivity (Wildman–Crippen MR) is 266 cm³/mol. The number of benzene rings is 4. The molecule has 0 saturated carbocycles. The van der Waals surface area contributed by atoms with Gasteiger partial charge in [-0.25, -0.2) is 19.2 Å². The summed E-state index contributed by atoms with van der Waals surface area (Å²) in [5.74, 6) is -1.26. The number of nitrogens with two attached hydrogens (primary N) is 1. The average Bonchev–Trinajstić information content (AvgIpc) is 3.37. The average molecular weight is 1030 g/mol. The van der Waals surface area contributed by atoms with Crippen LogP contribution in [0.5, 0.6) is 0 Å². The van der Waals surface area contributed by atoms with Crippen LogP contribution in [0, 0.1) is 11.3 Å². The van der Waals surface area contributed by atoms with E-state index in [-0.39, 0.29) is 66.2 Å². The highest BCUT2D eigenvalue weighted by Crippen LogP contribution is 2.43. The van der Waals surface area contributed by atoms with Gasteiger partial charge in [0.2, 0.25) is 0 Å². The van der Waals surface area contributed by atoms with E-state index in [1.165, 1.54) is 47.9 Å². The summed E-state index contributed by atoms with van der Waals surface area (Å²) in [6, 6.07) is 22.8. The zero-order chi connectivity index (χ0) is 53.7. The number of nitrogens with one attached hydrogen (secondary N) is 1. The zero-order valence-electron chi connectivity index (χ0n) is 41.4. The number of esters is 2. The van der Waals surface area contributed by atoms with Crippen molar-refractivity contribution in [2.24, 2.45) is 10.7 Å². The molecule has 2 heterocycles. The first kappa shape index (κ1) is 55.5. The standard InChI is InChI=1S/C54H58F6N8O6/c1-5-73-48(69)44-35(3)67(42-22-16-20-40(32-42)53(55,56)57)51(71)65(46(44)38-18-10-7-11-19-38)30-14-8-12-28-63-50(62)64-29-13-9-15-31-66-47(39-26-24-37(34-61)25-27-39)45(49(70)74-6-2)36(4)68(52(66)72)43-23-17-21-41(33-43)54(58,59)60/h7,10-11,16-27,32-33,46-47H,5-6,8-9,12-15,28-31H2,1-4H3,(H3,62,63,64)/t46-,47-/m1/s1. The van der Waals surface area contributed by atoms with E-state index in [0.717, 1.165) is 34.1 Å². The summed E-state index contributed by atoms with van der Waals surface area (Å²) in [7, 11) is 0. The van der Waals surface area contributed by atoms with Crippen molar-refractivity contribution in [3.05, 3.63) is 153 Å². The molecule has 0 aromatic heterocycles. The van der Waals surface area contributed by atoms with Gasteiger partial charge in [-0.1, -0.05) is 54.6 Å². The normalized spacial score (nSPS) is 16.7. The van der Waals surface area contributed by atoms with E-state index in [1.807, 2.05) is 6.07 Å². The van der Waals surface area contributed by atoms with Crippen molar-refractivity contribution in [1.82, 2.24) is 15.1 Å². The first-order valence-corrected chi connectivity index (χ1v) is 24.2. The number of hydrogen-bond acceptors (Lipinski definition) is 8. The Morgan fingerprint density at radius 1 is 0.649 bits per heavy atom. The summed E-state index contributed by atoms with van der Waals surface area (Å²) in [5, 5.41) is 12.5. The van der Waals surface area contributed by atoms with E-state index >= 15 is 0 Å². The van der Waals surface area contributed by atoms with Crippen molar-refractivity contribution >= 4 is 41.3 Å². The second kappa shape index (κ2) is 24.7. The van der Waals surface area contributed by atoms with Crippen molar-refractivity contribution in [2.75, 3.05) is 49.2 Å². The van der Waals surface area contributed by atoms with Gasteiger partial charge in [-0.3, -0.25) is 14.8 Å². The number of nitriles is 1. The highest BCUT2D eigenvalue weighted by Gasteiger charge is 2.45. The molecule has 0 aliphatic carbocycles. The lowest BCUT2D eigenvalue weighted by Crippen LogP contribution is -2.51. The Morgan fingerprint density at radius 3 is 1.55 bits per heavy atom. The first-order valence-electron chi connectivity index (χ1n) is 24.2. The number of halogens is 6. The number of aliphatic imine (C=N–C) groups is 1. The van der Waals surface area contributed by atoms with Gasteiger partial charge in [0.25, 0.3) is 0 Å². The van der Waals surface area contributed by atoms with Gasteiger partial charge >= 0.3 is 36.4 Å². The maximum atomic E-state index is 14.5. The number of carbonyl (C=O) groups excluding carboxylic acids is 4. The second-order valence-electron chi connectivity index (χ2n) is 17.4. The van der Waals surface area contributed by atoms with Crippen molar-refractivity contribution in [2.45, 2.75) is 90.7 Å². The number of urea groups is 2. The lowest BCUT2D eigenvalue weighted by atomic mass is 9.92. The summed E-state index contributed by atoms with van der Waals surface area (Å²) in [6.45, 7) is 7.25. The molecule has 2 aliphatic heterocycles. The van der Waals surface area contributed by atoms with Gasteiger partial charge < -0.3 is 30.3 Å². The maximum Gasteiger partial charge on any atom is 0.416 e. The number of nitrogens with zero attached hydrogens (tertiary/aromatic N) is 6. The Kier molecular flexibility index (Phi) is 18.6. The summed E-state index contributed by atoms with van der Waals surface area (Å²) in [5.41, 5.74) is 6.06. The molecule has 3 N–H and O–H groups in total. The fraction of sp³-hybridized carbons (Fsp3) is 0.370. The Bertz CT molecular complexity index is 2790. The minimum absolute atomic E-state index is 0.00211. The molecule has 2 aliphatic rings. The van der Waals surface area contributed by atoms with Crippen molar-refractivity contribution in [3.63, 3.8) is 0 Å².